The SMILES string of the molecule is CCCCC(NC(=O)c1[nH]c2c(c1C)C(=O)CC(C)(C)C2)C(=O)NC1CCC(N(C)C)CC1. The number of nitrogens with one attached hydrogen (secondary N) is 3. The Bertz CT molecular complexity index is 878. The molecular weight excluding hydrogens is 416 g/mol. The summed E-state index contributed by atoms with van der Waals surface area (Å²) in [5.41, 5.74) is 2.48. The van der Waals surface area contributed by atoms with E-state index in [-0.39, 0.29) is 29.1 Å². The lowest BCUT2D eigenvalue weighted by atomic mass is 9.75. The van der Waals surface area contributed by atoms with Crippen LogP contribution >= 0.6 is 0 Å². The molecule has 3 N–H and O–H groups in total. The van der Waals surface area contributed by atoms with Gasteiger partial charge >= 0.3 is 0 Å². The molecule has 0 radical (unpaired) electrons. The van der Waals surface area contributed by atoms with Crippen LogP contribution in [0.1, 0.15) is 104 Å². The number of aromatic nitrogens is 1. The van der Waals surface area contributed by atoms with Crippen molar-refractivity contribution < 1.29 is 14.4 Å². The predicted octanol–water partition coefficient (Wildman–Crippen LogP) is 3.76. The van der Waals surface area contributed by atoms with Crippen LogP contribution in [0, 0.1) is 12.3 Å². The summed E-state index contributed by atoms with van der Waals surface area (Å²) in [6.07, 6.45) is 7.70. The van der Waals surface area contributed by atoms with Gasteiger partial charge in [0.2, 0.25) is 5.91 Å². The van der Waals surface area contributed by atoms with Gasteiger partial charge in [-0.3, -0.25) is 14.4 Å². The van der Waals surface area contributed by atoms with Crippen LogP contribution < -0.4 is 10.6 Å². The maximum Gasteiger partial charge on any atom is 0.268 e. The van der Waals surface area contributed by atoms with Crippen LogP contribution in [0.3, 0.4) is 0 Å². The first kappa shape index (κ1) is 25.5. The van der Waals surface area contributed by atoms with Crippen LogP contribution in [0.2, 0.25) is 0 Å². The second-order valence-corrected chi connectivity index (χ2v) is 11.1. The zero-order chi connectivity index (χ0) is 24.3. The van der Waals surface area contributed by atoms with Crippen LogP contribution in [-0.2, 0) is 11.2 Å². The lowest BCUT2D eigenvalue weighted by Crippen LogP contribution is -2.51. The van der Waals surface area contributed by atoms with Crippen molar-refractivity contribution >= 4 is 17.6 Å². The van der Waals surface area contributed by atoms with E-state index in [1.54, 1.807) is 0 Å². The first-order chi connectivity index (χ1) is 15.5. The highest BCUT2D eigenvalue weighted by Crippen LogP contribution is 2.36. The monoisotopic (exact) mass is 458 g/mol. The summed E-state index contributed by atoms with van der Waals surface area (Å²) in [6.45, 7) is 8.04. The van der Waals surface area contributed by atoms with Crippen molar-refractivity contribution in [3.8, 4) is 0 Å². The molecule has 7 nitrogen and oxygen atoms in total. The van der Waals surface area contributed by atoms with Gasteiger partial charge in [-0.05, 0) is 70.5 Å². The molecule has 1 aromatic heterocycles. The number of Topliss-reactive ketones (excluding diaryl/α,β-unsaturated/α-hetero) is 1. The van der Waals surface area contributed by atoms with Crippen molar-refractivity contribution in [1.29, 1.82) is 0 Å². The van der Waals surface area contributed by atoms with Gasteiger partial charge in [-0.2, -0.15) is 0 Å². The molecule has 1 heterocycles. The Hall–Kier alpha value is -2.15. The van der Waals surface area contributed by atoms with Gasteiger partial charge in [-0.25, -0.2) is 0 Å². The number of carbonyl (C=O) groups is 3. The molecule has 2 aliphatic carbocycles. The zero-order valence-electron chi connectivity index (χ0n) is 21.3. The number of ketones is 1. The van der Waals surface area contributed by atoms with E-state index in [0.29, 0.717) is 35.7 Å². The molecule has 7 heteroatoms. The lowest BCUT2D eigenvalue weighted by Gasteiger charge is -2.33. The normalized spacial score (nSPS) is 23.2. The Kier molecular flexibility index (Phi) is 8.04. The molecule has 0 aromatic carbocycles. The quantitative estimate of drug-likeness (QED) is 0.553. The van der Waals surface area contributed by atoms with E-state index in [9.17, 15) is 14.4 Å². The molecule has 3 rings (SSSR count). The molecule has 1 aromatic rings. The third-order valence-electron chi connectivity index (χ3n) is 7.37. The molecular formula is C26H42N4O3. The summed E-state index contributed by atoms with van der Waals surface area (Å²) in [4.78, 5) is 44.5. The van der Waals surface area contributed by atoms with Crippen LogP contribution in [0.15, 0.2) is 0 Å². The molecule has 0 bridgehead atoms. The molecule has 1 fully saturated rings. The van der Waals surface area contributed by atoms with Crippen molar-refractivity contribution in [2.75, 3.05) is 14.1 Å². The van der Waals surface area contributed by atoms with Gasteiger partial charge in [0.05, 0.1) is 0 Å². The molecule has 2 amide bonds. The summed E-state index contributed by atoms with van der Waals surface area (Å²) in [6, 6.07) is 0.160. The second kappa shape index (κ2) is 10.4. The van der Waals surface area contributed by atoms with E-state index in [4.69, 9.17) is 0 Å². The smallest absolute Gasteiger partial charge is 0.268 e. The third-order valence-corrected chi connectivity index (χ3v) is 7.37. The van der Waals surface area contributed by atoms with Gasteiger partial charge in [-0.15, -0.1) is 0 Å². The number of rotatable bonds is 8. The summed E-state index contributed by atoms with van der Waals surface area (Å²) in [5, 5.41) is 6.16. The average molecular weight is 459 g/mol. The first-order valence-corrected chi connectivity index (χ1v) is 12.5. The number of H-pyrrole nitrogens is 1. The number of aromatic amines is 1. The fourth-order valence-corrected chi connectivity index (χ4v) is 5.41. The fourth-order valence-electron chi connectivity index (χ4n) is 5.41. The fraction of sp³-hybridized carbons (Fsp3) is 0.731. The number of hydrogen-bond donors (Lipinski definition) is 3. The number of carbonyl (C=O) groups excluding carboxylic acids is 3. The summed E-state index contributed by atoms with van der Waals surface area (Å²) < 4.78 is 0. The number of hydrogen-bond acceptors (Lipinski definition) is 4. The number of fused-ring (bicyclic) bond motifs is 1. The Labute approximate surface area is 198 Å². The van der Waals surface area contributed by atoms with Crippen LogP contribution in [-0.4, -0.2) is 59.7 Å². The van der Waals surface area contributed by atoms with Crippen molar-refractivity contribution in [2.24, 2.45) is 5.41 Å². The summed E-state index contributed by atoms with van der Waals surface area (Å²) >= 11 is 0. The molecule has 1 unspecified atom stereocenters. The van der Waals surface area contributed by atoms with E-state index in [2.05, 4.69) is 55.4 Å². The Balaban J connectivity index is 1.68. The summed E-state index contributed by atoms with van der Waals surface area (Å²) in [7, 11) is 4.21. The Morgan fingerprint density at radius 3 is 2.42 bits per heavy atom. The predicted molar refractivity (Wildman–Crippen MR) is 131 cm³/mol. The van der Waals surface area contributed by atoms with Crippen molar-refractivity contribution in [2.45, 2.75) is 104 Å². The molecule has 1 atom stereocenters. The zero-order valence-corrected chi connectivity index (χ0v) is 21.3. The largest absolute Gasteiger partial charge is 0.354 e. The van der Waals surface area contributed by atoms with E-state index in [0.717, 1.165) is 50.6 Å². The van der Waals surface area contributed by atoms with Crippen molar-refractivity contribution in [3.63, 3.8) is 0 Å². The van der Waals surface area contributed by atoms with E-state index < -0.39 is 6.04 Å². The van der Waals surface area contributed by atoms with Crippen LogP contribution in [0.4, 0.5) is 0 Å². The minimum absolute atomic E-state index is 0.0858. The third kappa shape index (κ3) is 6.05. The minimum Gasteiger partial charge on any atom is -0.354 e. The number of nitrogens with zero attached hydrogens (tertiary/aromatic N) is 1. The first-order valence-electron chi connectivity index (χ1n) is 12.5. The molecule has 0 saturated heterocycles. The maximum absolute atomic E-state index is 13.2. The van der Waals surface area contributed by atoms with Gasteiger partial charge in [0.15, 0.2) is 5.78 Å². The maximum atomic E-state index is 13.2. The molecule has 0 aliphatic heterocycles. The minimum atomic E-state index is -0.573. The number of unbranched alkanes of at least 4 members (excludes halogenated alkanes) is 1. The van der Waals surface area contributed by atoms with Gasteiger partial charge in [-0.1, -0.05) is 33.6 Å². The molecule has 2 aliphatic rings. The van der Waals surface area contributed by atoms with Crippen LogP contribution in [0.5, 0.6) is 0 Å². The molecule has 33 heavy (non-hydrogen) atoms. The average Bonchev–Trinajstić information content (AvgIpc) is 3.06. The Morgan fingerprint density at radius 2 is 1.82 bits per heavy atom. The van der Waals surface area contributed by atoms with Crippen molar-refractivity contribution in [3.05, 3.63) is 22.5 Å². The van der Waals surface area contributed by atoms with E-state index >= 15 is 0 Å². The van der Waals surface area contributed by atoms with E-state index in [1.165, 1.54) is 0 Å². The second-order valence-electron chi connectivity index (χ2n) is 11.1. The standard InChI is InChI=1S/C26H42N4O3/c1-7-8-9-19(24(32)27-17-10-12-18(13-11-17)30(5)6)29-25(33)23-16(2)22-20(28-23)14-26(3,4)15-21(22)31/h17-19,28H,7-15H2,1-6H3,(H,27,32)(H,29,33). The lowest BCUT2D eigenvalue weighted by molar-refractivity contribution is -0.124. The van der Waals surface area contributed by atoms with Gasteiger partial charge in [0, 0.05) is 29.8 Å². The van der Waals surface area contributed by atoms with E-state index in [1.807, 2.05) is 6.92 Å². The van der Waals surface area contributed by atoms with Gasteiger partial charge in [0.25, 0.3) is 5.91 Å². The molecule has 184 valence electrons. The topological polar surface area (TPSA) is 94.3 Å². The van der Waals surface area contributed by atoms with Crippen molar-refractivity contribution in [1.82, 2.24) is 20.5 Å². The molecule has 1 saturated carbocycles. The highest BCUT2D eigenvalue weighted by Gasteiger charge is 2.36. The highest BCUT2D eigenvalue weighted by atomic mass is 16.2. The van der Waals surface area contributed by atoms with Gasteiger partial charge < -0.3 is 20.5 Å². The molecule has 0 spiro atoms. The summed E-state index contributed by atoms with van der Waals surface area (Å²) in [5.74, 6) is -0.320. The highest BCUT2D eigenvalue weighted by molar-refractivity contribution is 6.05. The van der Waals surface area contributed by atoms with Crippen LogP contribution in [0.25, 0.3) is 0 Å². The Morgan fingerprint density at radius 1 is 1.15 bits per heavy atom. The van der Waals surface area contributed by atoms with Gasteiger partial charge in [0.1, 0.15) is 11.7 Å². The number of amides is 2.